The van der Waals surface area contributed by atoms with Gasteiger partial charge in [-0.1, -0.05) is 6.07 Å². The van der Waals surface area contributed by atoms with Gasteiger partial charge in [0.25, 0.3) is 5.91 Å². The van der Waals surface area contributed by atoms with E-state index in [4.69, 9.17) is 15.2 Å². The van der Waals surface area contributed by atoms with E-state index < -0.39 is 29.6 Å². The molecule has 3 rings (SSSR count). The molecule has 1 aromatic rings. The predicted octanol–water partition coefficient (Wildman–Crippen LogP) is 0.989. The van der Waals surface area contributed by atoms with Crippen LogP contribution < -0.4 is 16.4 Å². The molecule has 2 aliphatic heterocycles. The summed E-state index contributed by atoms with van der Waals surface area (Å²) < 4.78 is 10.9. The number of fused-ring (bicyclic) bond motifs is 1. The number of imide groups is 1. The topological polar surface area (TPSA) is 160 Å². The highest BCUT2D eigenvalue weighted by atomic mass is 16.6. The van der Waals surface area contributed by atoms with Gasteiger partial charge in [0.05, 0.1) is 6.61 Å². The average molecular weight is 518 g/mol. The molecule has 0 spiro atoms. The van der Waals surface area contributed by atoms with Crippen molar-refractivity contribution in [3.63, 3.8) is 0 Å². The maximum absolute atomic E-state index is 12.9. The molecule has 12 nitrogen and oxygen atoms in total. The van der Waals surface area contributed by atoms with Crippen LogP contribution in [0.15, 0.2) is 18.2 Å². The fourth-order valence-corrected chi connectivity index (χ4v) is 4.13. The summed E-state index contributed by atoms with van der Waals surface area (Å²) in [4.78, 5) is 64.5. The zero-order valence-electron chi connectivity index (χ0n) is 21.5. The normalized spacial score (nSPS) is 17.4. The van der Waals surface area contributed by atoms with Crippen molar-refractivity contribution in [2.45, 2.75) is 58.2 Å². The monoisotopic (exact) mass is 517 g/mol. The van der Waals surface area contributed by atoms with Crippen LogP contribution in [-0.2, 0) is 30.4 Å². The van der Waals surface area contributed by atoms with Gasteiger partial charge in [-0.05, 0) is 52.3 Å². The van der Waals surface area contributed by atoms with Gasteiger partial charge in [0.15, 0.2) is 0 Å². The van der Waals surface area contributed by atoms with Crippen LogP contribution in [0.5, 0.6) is 0 Å². The fourth-order valence-electron chi connectivity index (χ4n) is 4.13. The number of piperidine rings is 1. The molecule has 1 saturated heterocycles. The zero-order valence-corrected chi connectivity index (χ0v) is 21.5. The van der Waals surface area contributed by atoms with Crippen LogP contribution in [-0.4, -0.2) is 84.0 Å². The first-order chi connectivity index (χ1) is 17.5. The number of carbonyl (C=O) groups excluding carboxylic acids is 5. The van der Waals surface area contributed by atoms with Gasteiger partial charge in [-0.2, -0.15) is 0 Å². The Hall–Kier alpha value is -3.51. The van der Waals surface area contributed by atoms with E-state index in [1.807, 2.05) is 0 Å². The highest BCUT2D eigenvalue weighted by Gasteiger charge is 2.40. The van der Waals surface area contributed by atoms with Crippen LogP contribution in [0.3, 0.4) is 0 Å². The zero-order chi connectivity index (χ0) is 27.2. The Balaban J connectivity index is 1.53. The molecule has 202 valence electrons. The molecule has 2 aliphatic rings. The summed E-state index contributed by atoms with van der Waals surface area (Å²) in [5.41, 5.74) is 6.38. The molecule has 1 atom stereocenters. The lowest BCUT2D eigenvalue weighted by Crippen LogP contribution is -2.52. The van der Waals surface area contributed by atoms with Gasteiger partial charge < -0.3 is 30.3 Å². The third kappa shape index (κ3) is 7.49. The lowest BCUT2D eigenvalue weighted by molar-refractivity contribution is -0.137. The Labute approximate surface area is 215 Å². The lowest BCUT2D eigenvalue weighted by atomic mass is 10.0. The molecule has 4 N–H and O–H groups in total. The van der Waals surface area contributed by atoms with Crippen LogP contribution in [0.1, 0.15) is 56.0 Å². The number of carbonyl (C=O) groups is 5. The Morgan fingerprint density at radius 3 is 2.65 bits per heavy atom. The number of hydrogen-bond acceptors (Lipinski definition) is 8. The van der Waals surface area contributed by atoms with E-state index in [1.165, 1.54) is 9.80 Å². The molecule has 0 bridgehead atoms. The second kappa shape index (κ2) is 12.2. The Morgan fingerprint density at radius 2 is 1.97 bits per heavy atom. The molecule has 0 aromatic heterocycles. The van der Waals surface area contributed by atoms with Gasteiger partial charge in [-0.15, -0.1) is 0 Å². The number of nitrogens with two attached hydrogens (primary N) is 1. The van der Waals surface area contributed by atoms with Crippen LogP contribution in [0.2, 0.25) is 0 Å². The number of ether oxygens (including phenoxy) is 2. The van der Waals surface area contributed by atoms with Crippen molar-refractivity contribution in [1.29, 1.82) is 0 Å². The SMILES string of the molecule is CC(C)(C)OC(=O)N(CCCN)CCOCC(=O)Nc1cccc2c1CN(C1CCC(=O)NC1=O)C2=O. The highest BCUT2D eigenvalue weighted by molar-refractivity contribution is 6.06. The van der Waals surface area contributed by atoms with Crippen molar-refractivity contribution < 1.29 is 33.4 Å². The molecule has 0 saturated carbocycles. The molecule has 1 unspecified atom stereocenters. The van der Waals surface area contributed by atoms with Crippen molar-refractivity contribution in [2.24, 2.45) is 5.73 Å². The molecule has 0 aliphatic carbocycles. The number of amides is 5. The van der Waals surface area contributed by atoms with Crippen LogP contribution in [0, 0.1) is 0 Å². The van der Waals surface area contributed by atoms with Gasteiger partial charge in [-0.3, -0.25) is 24.5 Å². The van der Waals surface area contributed by atoms with Gasteiger partial charge in [0, 0.05) is 42.9 Å². The molecule has 37 heavy (non-hydrogen) atoms. The largest absolute Gasteiger partial charge is 0.444 e. The molecular formula is C25H35N5O7. The molecule has 1 aromatic carbocycles. The summed E-state index contributed by atoms with van der Waals surface area (Å²) in [7, 11) is 0. The van der Waals surface area contributed by atoms with E-state index >= 15 is 0 Å². The number of nitrogens with zero attached hydrogens (tertiary/aromatic N) is 2. The minimum Gasteiger partial charge on any atom is -0.444 e. The summed E-state index contributed by atoms with van der Waals surface area (Å²) in [6, 6.07) is 4.23. The smallest absolute Gasteiger partial charge is 0.410 e. The standard InChI is InChI=1S/C25H35N5O7/c1-25(2,3)37-24(35)29(11-5-10-26)12-13-36-15-21(32)27-18-7-4-6-16-17(18)14-30(23(16)34)19-8-9-20(31)28-22(19)33/h4,6-7,19H,5,8-15,26H2,1-3H3,(H,27,32)(H,28,31,33). The minimum atomic E-state index is -0.739. The highest BCUT2D eigenvalue weighted by Crippen LogP contribution is 2.32. The van der Waals surface area contributed by atoms with Crippen molar-refractivity contribution >= 4 is 35.4 Å². The van der Waals surface area contributed by atoms with Crippen molar-refractivity contribution in [3.05, 3.63) is 29.3 Å². The van der Waals surface area contributed by atoms with Gasteiger partial charge >= 0.3 is 6.09 Å². The van der Waals surface area contributed by atoms with Crippen molar-refractivity contribution in [1.82, 2.24) is 15.1 Å². The quantitative estimate of drug-likeness (QED) is 0.306. The number of anilines is 1. The van der Waals surface area contributed by atoms with E-state index in [0.29, 0.717) is 36.3 Å². The summed E-state index contributed by atoms with van der Waals surface area (Å²) in [6.45, 7) is 6.42. The Morgan fingerprint density at radius 1 is 1.22 bits per heavy atom. The summed E-state index contributed by atoms with van der Waals surface area (Å²) in [5.74, 6) is -1.60. The van der Waals surface area contributed by atoms with Crippen molar-refractivity contribution in [3.8, 4) is 0 Å². The molecule has 1 fully saturated rings. The lowest BCUT2D eigenvalue weighted by Gasteiger charge is -2.29. The predicted molar refractivity (Wildman–Crippen MR) is 133 cm³/mol. The van der Waals surface area contributed by atoms with Crippen molar-refractivity contribution in [2.75, 3.05) is 38.2 Å². The number of rotatable bonds is 10. The third-order valence-corrected chi connectivity index (χ3v) is 5.88. The van der Waals surface area contributed by atoms with Gasteiger partial charge in [0.2, 0.25) is 17.7 Å². The summed E-state index contributed by atoms with van der Waals surface area (Å²) >= 11 is 0. The summed E-state index contributed by atoms with van der Waals surface area (Å²) in [6.07, 6.45) is 0.549. The fraction of sp³-hybridized carbons (Fsp3) is 0.560. The van der Waals surface area contributed by atoms with Gasteiger partial charge in [-0.25, -0.2) is 4.79 Å². The first-order valence-corrected chi connectivity index (χ1v) is 12.3. The number of hydrogen-bond donors (Lipinski definition) is 3. The van der Waals surface area contributed by atoms with E-state index in [1.54, 1.807) is 39.0 Å². The van der Waals surface area contributed by atoms with E-state index in [0.717, 1.165) is 0 Å². The van der Waals surface area contributed by atoms with Gasteiger partial charge in [0.1, 0.15) is 18.2 Å². The number of benzene rings is 1. The first-order valence-electron chi connectivity index (χ1n) is 12.3. The maximum atomic E-state index is 12.9. The second-order valence-corrected chi connectivity index (χ2v) is 9.94. The molecule has 0 radical (unpaired) electrons. The maximum Gasteiger partial charge on any atom is 0.410 e. The first kappa shape index (κ1) is 28.1. The third-order valence-electron chi connectivity index (χ3n) is 5.88. The Kier molecular flexibility index (Phi) is 9.22. The van der Waals surface area contributed by atoms with E-state index in [9.17, 15) is 24.0 Å². The second-order valence-electron chi connectivity index (χ2n) is 9.94. The van der Waals surface area contributed by atoms with E-state index in [-0.39, 0.29) is 51.0 Å². The minimum absolute atomic E-state index is 0.117. The molecule has 2 heterocycles. The molecule has 5 amide bonds. The summed E-state index contributed by atoms with van der Waals surface area (Å²) in [5, 5.41) is 5.03. The van der Waals surface area contributed by atoms with Crippen LogP contribution in [0.4, 0.5) is 10.5 Å². The van der Waals surface area contributed by atoms with Crippen LogP contribution >= 0.6 is 0 Å². The molecular weight excluding hydrogens is 482 g/mol. The Bertz CT molecular complexity index is 1050. The average Bonchev–Trinajstić information content (AvgIpc) is 3.14. The van der Waals surface area contributed by atoms with E-state index in [2.05, 4.69) is 10.6 Å². The molecule has 12 heteroatoms. The number of nitrogens with one attached hydrogen (secondary N) is 2. The van der Waals surface area contributed by atoms with Crippen LogP contribution in [0.25, 0.3) is 0 Å².